The maximum atomic E-state index is 12.2. The fraction of sp³-hybridized carbons (Fsp3) is 0.565. The lowest BCUT2D eigenvalue weighted by Crippen LogP contribution is -2.32. The highest BCUT2D eigenvalue weighted by atomic mass is 31.2. The lowest BCUT2D eigenvalue weighted by Gasteiger charge is -2.24. The van der Waals surface area contributed by atoms with E-state index in [1.54, 1.807) is 18.4 Å². The second-order valence-electron chi connectivity index (χ2n) is 9.81. The Bertz CT molecular complexity index is 1500. The van der Waals surface area contributed by atoms with Crippen LogP contribution in [0.15, 0.2) is 16.6 Å². The van der Waals surface area contributed by atoms with Crippen molar-refractivity contribution >= 4 is 30.7 Å². The highest BCUT2D eigenvalue weighted by molar-refractivity contribution is 7.46. The first-order chi connectivity index (χ1) is 18.9. The van der Waals surface area contributed by atoms with Crippen molar-refractivity contribution in [3.05, 3.63) is 12.2 Å². The molecule has 2 fully saturated rings. The van der Waals surface area contributed by atoms with E-state index in [9.17, 15) is 9.36 Å². The Kier molecular flexibility index (Phi) is 7.37. The largest absolute Gasteiger partial charge is 0.469 e. The highest BCUT2D eigenvalue weighted by Gasteiger charge is 2.56. The number of carbonyl (C=O) groups is 1. The van der Waals surface area contributed by atoms with Crippen LogP contribution in [0.5, 0.6) is 0 Å². The van der Waals surface area contributed by atoms with Gasteiger partial charge in [-0.3, -0.25) is 13.9 Å². The molecule has 0 spiro atoms. The Labute approximate surface area is 228 Å². The third-order valence-electron chi connectivity index (χ3n) is 6.33. The smallest absolute Gasteiger partial charge is 0.382 e. The van der Waals surface area contributed by atoms with E-state index in [2.05, 4.69) is 52.8 Å². The van der Waals surface area contributed by atoms with Crippen LogP contribution in [0.3, 0.4) is 0 Å². The number of hydrogen-bond donors (Lipinski definition) is 4. The SMILES string of the molecule is C#CCCC1(CC(=O)NCC#Cc2nc(N)c3ncn([C@H]4O[C@@H](COP(=O)(O)O)C5OC(C)(C)OC54)c3n2)N=N1. The van der Waals surface area contributed by atoms with Crippen LogP contribution < -0.4 is 11.1 Å². The molecule has 16 nitrogen and oxygen atoms in total. The van der Waals surface area contributed by atoms with Crippen molar-refractivity contribution in [2.75, 3.05) is 18.9 Å². The Morgan fingerprint density at radius 3 is 2.75 bits per heavy atom. The third-order valence-corrected chi connectivity index (χ3v) is 6.81. The zero-order valence-corrected chi connectivity index (χ0v) is 22.4. The summed E-state index contributed by atoms with van der Waals surface area (Å²) in [6.07, 6.45) is 4.75. The molecule has 2 aromatic heterocycles. The summed E-state index contributed by atoms with van der Waals surface area (Å²) in [5.41, 5.74) is 5.97. The van der Waals surface area contributed by atoms with E-state index in [0.29, 0.717) is 24.0 Å². The molecule has 5 N–H and O–H groups in total. The number of terminal acetylenes is 1. The molecule has 0 radical (unpaired) electrons. The van der Waals surface area contributed by atoms with Crippen LogP contribution >= 0.6 is 7.82 Å². The minimum absolute atomic E-state index is 0.0294. The first kappa shape index (κ1) is 28.1. The van der Waals surface area contributed by atoms with Crippen LogP contribution in [-0.4, -0.2) is 78.1 Å². The molecule has 3 aliphatic heterocycles. The first-order valence-electron chi connectivity index (χ1n) is 12.2. The molecule has 0 aliphatic carbocycles. The van der Waals surface area contributed by atoms with Crippen molar-refractivity contribution in [2.24, 2.45) is 10.2 Å². The Balaban J connectivity index is 1.30. The summed E-state index contributed by atoms with van der Waals surface area (Å²) in [7, 11) is -4.74. The van der Waals surface area contributed by atoms with E-state index < -0.39 is 50.4 Å². The number of aromatic nitrogens is 4. The fourth-order valence-electron chi connectivity index (χ4n) is 4.56. The van der Waals surface area contributed by atoms with Crippen molar-refractivity contribution in [1.29, 1.82) is 0 Å². The maximum absolute atomic E-state index is 12.2. The fourth-order valence-corrected chi connectivity index (χ4v) is 4.90. The number of imidazole rings is 1. The molecule has 2 unspecified atom stereocenters. The Morgan fingerprint density at radius 1 is 1.30 bits per heavy atom. The van der Waals surface area contributed by atoms with E-state index in [4.69, 9.17) is 36.2 Å². The number of carbonyl (C=O) groups excluding carboxylic acids is 1. The van der Waals surface area contributed by atoms with E-state index in [-0.39, 0.29) is 30.5 Å². The average molecular weight is 574 g/mol. The van der Waals surface area contributed by atoms with Gasteiger partial charge < -0.3 is 35.0 Å². The molecule has 4 atom stereocenters. The van der Waals surface area contributed by atoms with Crippen LogP contribution in [0.1, 0.15) is 45.2 Å². The molecular formula is C23H27N8O8P. The molecule has 0 bridgehead atoms. The number of rotatable bonds is 9. The van der Waals surface area contributed by atoms with E-state index >= 15 is 0 Å². The molecule has 40 heavy (non-hydrogen) atoms. The lowest BCUT2D eigenvalue weighted by atomic mass is 10.0. The molecule has 5 heterocycles. The minimum Gasteiger partial charge on any atom is -0.382 e. The first-order valence-corrected chi connectivity index (χ1v) is 13.8. The monoisotopic (exact) mass is 574 g/mol. The highest BCUT2D eigenvalue weighted by Crippen LogP contribution is 2.45. The molecule has 3 aliphatic rings. The molecule has 5 rings (SSSR count). The number of anilines is 1. The lowest BCUT2D eigenvalue weighted by molar-refractivity contribution is -0.199. The number of hydrogen-bond acceptors (Lipinski definition) is 12. The molecule has 0 aromatic carbocycles. The number of nitrogens with zero attached hydrogens (tertiary/aromatic N) is 6. The number of ether oxygens (including phenoxy) is 3. The zero-order valence-electron chi connectivity index (χ0n) is 21.6. The summed E-state index contributed by atoms with van der Waals surface area (Å²) in [5.74, 6) is 6.98. The topological polar surface area (TPSA) is 218 Å². The maximum Gasteiger partial charge on any atom is 0.469 e. The van der Waals surface area contributed by atoms with E-state index in [0.717, 1.165) is 0 Å². The summed E-state index contributed by atoms with van der Waals surface area (Å²) in [5, 5.41) is 10.6. The quantitative estimate of drug-likeness (QED) is 0.236. The average Bonchev–Trinajstić information content (AvgIpc) is 3.19. The molecule has 1 amide bonds. The molecule has 2 saturated heterocycles. The van der Waals surface area contributed by atoms with Gasteiger partial charge >= 0.3 is 7.82 Å². The van der Waals surface area contributed by atoms with Gasteiger partial charge in [-0.1, -0.05) is 5.92 Å². The van der Waals surface area contributed by atoms with Gasteiger partial charge in [0.2, 0.25) is 17.4 Å². The van der Waals surface area contributed by atoms with Crippen LogP contribution in [0, 0.1) is 24.2 Å². The van der Waals surface area contributed by atoms with Gasteiger partial charge in [0.15, 0.2) is 23.5 Å². The normalized spacial score (nSPS) is 25.7. The summed E-state index contributed by atoms with van der Waals surface area (Å²) in [6, 6.07) is 0. The summed E-state index contributed by atoms with van der Waals surface area (Å²) >= 11 is 0. The van der Waals surface area contributed by atoms with Crippen molar-refractivity contribution in [3.63, 3.8) is 0 Å². The van der Waals surface area contributed by atoms with Crippen molar-refractivity contribution in [1.82, 2.24) is 24.8 Å². The number of amides is 1. The summed E-state index contributed by atoms with van der Waals surface area (Å²) in [6.45, 7) is 3.03. The van der Waals surface area contributed by atoms with Crippen LogP contribution in [-0.2, 0) is 28.1 Å². The minimum atomic E-state index is -4.74. The standard InChI is InChI=1S/C23H27N8O8P/c1-4-5-8-23(29-30-23)10-15(32)25-9-6-7-14-27-19(24)16-20(28-14)31(12-26-16)21-18-17(38-22(2,3)39-18)13(37-21)11-36-40(33,34)35/h1,12-13,17-18,21H,5,8-11H2,2-3H3,(H,25,32)(H2,24,27,28)(H2,33,34,35)/t13-,17?,18?,21-/m0/s1. The number of phosphoric ester groups is 1. The second-order valence-corrected chi connectivity index (χ2v) is 11.1. The van der Waals surface area contributed by atoms with Crippen molar-refractivity contribution in [3.8, 4) is 24.2 Å². The third kappa shape index (κ3) is 6.14. The number of nitrogen functional groups attached to an aromatic ring is 1. The van der Waals surface area contributed by atoms with E-state index in [1.165, 1.54) is 6.33 Å². The molecule has 2 aromatic rings. The van der Waals surface area contributed by atoms with Gasteiger partial charge in [-0.2, -0.15) is 10.2 Å². The zero-order chi connectivity index (χ0) is 28.7. The number of nitrogens with one attached hydrogen (secondary N) is 1. The van der Waals surface area contributed by atoms with Gasteiger partial charge in [0.25, 0.3) is 0 Å². The summed E-state index contributed by atoms with van der Waals surface area (Å²) in [4.78, 5) is 43.4. The van der Waals surface area contributed by atoms with Crippen molar-refractivity contribution in [2.45, 2.75) is 69.1 Å². The van der Waals surface area contributed by atoms with Gasteiger partial charge in [0.05, 0.1) is 25.9 Å². The molecule has 0 saturated carbocycles. The number of nitrogens with two attached hydrogens (primary N) is 1. The van der Waals surface area contributed by atoms with Crippen LogP contribution in [0.25, 0.3) is 11.2 Å². The van der Waals surface area contributed by atoms with E-state index in [1.807, 2.05) is 0 Å². The molecule has 212 valence electrons. The van der Waals surface area contributed by atoms with Crippen LogP contribution in [0.2, 0.25) is 0 Å². The molecular weight excluding hydrogens is 547 g/mol. The van der Waals surface area contributed by atoms with Gasteiger partial charge in [-0.15, -0.1) is 12.3 Å². The van der Waals surface area contributed by atoms with Gasteiger partial charge in [-0.05, 0) is 19.8 Å². The predicted octanol–water partition coefficient (Wildman–Crippen LogP) is 0.369. The van der Waals surface area contributed by atoms with Gasteiger partial charge in [0.1, 0.15) is 23.8 Å². The van der Waals surface area contributed by atoms with Gasteiger partial charge in [-0.25, -0.2) is 19.5 Å². The second kappa shape index (κ2) is 10.5. The number of phosphoric acid groups is 1. The van der Waals surface area contributed by atoms with Gasteiger partial charge in [0, 0.05) is 12.8 Å². The summed E-state index contributed by atoms with van der Waals surface area (Å²) < 4.78 is 35.5. The number of fused-ring (bicyclic) bond motifs is 2. The van der Waals surface area contributed by atoms with Crippen molar-refractivity contribution < 1.29 is 37.9 Å². The van der Waals surface area contributed by atoms with Crippen LogP contribution in [0.4, 0.5) is 5.82 Å². The Hall–Kier alpha value is -3.47. The Morgan fingerprint density at radius 2 is 2.05 bits per heavy atom. The predicted molar refractivity (Wildman–Crippen MR) is 136 cm³/mol. The molecule has 17 heteroatoms.